The van der Waals surface area contributed by atoms with Crippen LogP contribution in [0.15, 0.2) is 12.1 Å². The molecule has 0 aliphatic carbocycles. The molecule has 0 spiro atoms. The summed E-state index contributed by atoms with van der Waals surface area (Å²) in [6.07, 6.45) is 3.04. The summed E-state index contributed by atoms with van der Waals surface area (Å²) in [4.78, 5) is 4.54. The molecule has 1 fully saturated rings. The van der Waals surface area contributed by atoms with E-state index >= 15 is 0 Å². The summed E-state index contributed by atoms with van der Waals surface area (Å²) in [6.45, 7) is 8.80. The van der Waals surface area contributed by atoms with Crippen molar-refractivity contribution >= 4 is 0 Å². The van der Waals surface area contributed by atoms with E-state index in [1.807, 2.05) is 26.0 Å². The van der Waals surface area contributed by atoms with Gasteiger partial charge in [-0.3, -0.25) is 4.98 Å². The van der Waals surface area contributed by atoms with Gasteiger partial charge in [0.05, 0.1) is 17.4 Å². The molecule has 4 nitrogen and oxygen atoms in total. The standard InChI is InChI=1S/C16H26N2O2/c1-11(17)9-14-15(6-5-12(2)18-14)19-10-13-7-8-16(3,4)20-13/h5-6,11,13H,7-10,17H2,1-4H3. The molecular formula is C16H26N2O2. The van der Waals surface area contributed by atoms with Crippen LogP contribution in [0.3, 0.4) is 0 Å². The van der Waals surface area contributed by atoms with Gasteiger partial charge in [-0.15, -0.1) is 0 Å². The molecule has 2 rings (SSSR count). The molecule has 1 aromatic rings. The van der Waals surface area contributed by atoms with Crippen LogP contribution >= 0.6 is 0 Å². The molecule has 2 heterocycles. The minimum absolute atomic E-state index is 0.0197. The van der Waals surface area contributed by atoms with E-state index in [0.29, 0.717) is 6.61 Å². The normalized spacial score (nSPS) is 22.8. The van der Waals surface area contributed by atoms with Crippen LogP contribution < -0.4 is 10.5 Å². The van der Waals surface area contributed by atoms with Crippen LogP contribution in [-0.2, 0) is 11.2 Å². The molecule has 112 valence electrons. The topological polar surface area (TPSA) is 57.4 Å². The minimum Gasteiger partial charge on any atom is -0.489 e. The van der Waals surface area contributed by atoms with E-state index in [-0.39, 0.29) is 17.7 Å². The van der Waals surface area contributed by atoms with Gasteiger partial charge in [-0.05, 0) is 52.7 Å². The molecule has 2 N–H and O–H groups in total. The Morgan fingerprint density at radius 2 is 2.25 bits per heavy atom. The third kappa shape index (κ3) is 4.18. The summed E-state index contributed by atoms with van der Waals surface area (Å²) in [5.41, 5.74) is 7.79. The van der Waals surface area contributed by atoms with Crippen molar-refractivity contribution in [3.8, 4) is 5.75 Å². The largest absolute Gasteiger partial charge is 0.489 e. The SMILES string of the molecule is Cc1ccc(OCC2CCC(C)(C)O2)c(CC(C)N)n1. The number of hydrogen-bond acceptors (Lipinski definition) is 4. The van der Waals surface area contributed by atoms with Crippen molar-refractivity contribution in [3.05, 3.63) is 23.5 Å². The molecule has 1 aromatic heterocycles. The minimum atomic E-state index is -0.0197. The summed E-state index contributed by atoms with van der Waals surface area (Å²) in [7, 11) is 0. The van der Waals surface area contributed by atoms with Gasteiger partial charge in [0.2, 0.25) is 0 Å². The van der Waals surface area contributed by atoms with E-state index in [9.17, 15) is 0 Å². The quantitative estimate of drug-likeness (QED) is 0.899. The average molecular weight is 278 g/mol. The zero-order valence-electron chi connectivity index (χ0n) is 13.0. The molecule has 2 unspecified atom stereocenters. The Kier molecular flexibility index (Phi) is 4.66. The predicted octanol–water partition coefficient (Wildman–Crippen LogP) is 2.62. The van der Waals surface area contributed by atoms with Gasteiger partial charge in [0, 0.05) is 18.2 Å². The lowest BCUT2D eigenvalue weighted by molar-refractivity contribution is -0.0328. The zero-order chi connectivity index (χ0) is 14.8. The highest BCUT2D eigenvalue weighted by atomic mass is 16.6. The van der Waals surface area contributed by atoms with Crippen LogP contribution in [0, 0.1) is 6.92 Å². The Bertz CT molecular complexity index is 458. The second-order valence-electron chi connectivity index (χ2n) is 6.43. The van der Waals surface area contributed by atoms with E-state index in [1.165, 1.54) is 0 Å². The lowest BCUT2D eigenvalue weighted by Crippen LogP contribution is -2.24. The van der Waals surface area contributed by atoms with Gasteiger partial charge in [-0.2, -0.15) is 0 Å². The molecule has 20 heavy (non-hydrogen) atoms. The van der Waals surface area contributed by atoms with Gasteiger partial charge in [0.25, 0.3) is 0 Å². The molecule has 0 radical (unpaired) electrons. The highest BCUT2D eigenvalue weighted by Gasteiger charge is 2.32. The first-order valence-corrected chi connectivity index (χ1v) is 7.38. The lowest BCUT2D eigenvalue weighted by Gasteiger charge is -2.20. The van der Waals surface area contributed by atoms with Crippen LogP contribution in [0.5, 0.6) is 5.75 Å². The van der Waals surface area contributed by atoms with Crippen molar-refractivity contribution in [2.75, 3.05) is 6.61 Å². The van der Waals surface area contributed by atoms with E-state index in [2.05, 4.69) is 18.8 Å². The first-order valence-electron chi connectivity index (χ1n) is 7.38. The van der Waals surface area contributed by atoms with Crippen molar-refractivity contribution in [3.63, 3.8) is 0 Å². The fourth-order valence-corrected chi connectivity index (χ4v) is 2.56. The van der Waals surface area contributed by atoms with Crippen LogP contribution in [0.2, 0.25) is 0 Å². The van der Waals surface area contributed by atoms with Gasteiger partial charge in [0.15, 0.2) is 0 Å². The number of aromatic nitrogens is 1. The maximum Gasteiger partial charge on any atom is 0.141 e. The second-order valence-corrected chi connectivity index (χ2v) is 6.43. The molecule has 0 aromatic carbocycles. The first-order chi connectivity index (χ1) is 9.35. The maximum absolute atomic E-state index is 5.95. The smallest absolute Gasteiger partial charge is 0.141 e. The highest BCUT2D eigenvalue weighted by molar-refractivity contribution is 5.30. The summed E-state index contributed by atoms with van der Waals surface area (Å²) in [5.74, 6) is 0.834. The van der Waals surface area contributed by atoms with Crippen molar-refractivity contribution in [2.24, 2.45) is 5.73 Å². The molecule has 1 saturated heterocycles. The third-order valence-electron chi connectivity index (χ3n) is 3.57. The predicted molar refractivity (Wildman–Crippen MR) is 80.0 cm³/mol. The zero-order valence-corrected chi connectivity index (χ0v) is 13.0. The average Bonchev–Trinajstić information content (AvgIpc) is 2.67. The second kappa shape index (κ2) is 6.10. The Balaban J connectivity index is 1.98. The highest BCUT2D eigenvalue weighted by Crippen LogP contribution is 2.30. The fourth-order valence-electron chi connectivity index (χ4n) is 2.56. The van der Waals surface area contributed by atoms with Gasteiger partial charge in [-0.25, -0.2) is 0 Å². The van der Waals surface area contributed by atoms with E-state index in [1.54, 1.807) is 0 Å². The van der Waals surface area contributed by atoms with Gasteiger partial charge in [0.1, 0.15) is 12.4 Å². The summed E-state index contributed by atoms with van der Waals surface area (Å²) < 4.78 is 11.9. The number of hydrogen-bond donors (Lipinski definition) is 1. The van der Waals surface area contributed by atoms with Crippen molar-refractivity contribution < 1.29 is 9.47 Å². The molecule has 1 aliphatic rings. The number of nitrogens with two attached hydrogens (primary N) is 1. The van der Waals surface area contributed by atoms with Crippen molar-refractivity contribution in [2.45, 2.75) is 64.7 Å². The molecule has 1 aliphatic heterocycles. The summed E-state index contributed by atoms with van der Waals surface area (Å²) in [6, 6.07) is 4.04. The van der Waals surface area contributed by atoms with E-state index in [0.717, 1.165) is 36.4 Å². The summed E-state index contributed by atoms with van der Waals surface area (Å²) in [5, 5.41) is 0. The van der Waals surface area contributed by atoms with Crippen molar-refractivity contribution in [1.82, 2.24) is 4.98 Å². The van der Waals surface area contributed by atoms with E-state index < -0.39 is 0 Å². The maximum atomic E-state index is 5.95. The Labute approximate surface area is 121 Å². The van der Waals surface area contributed by atoms with E-state index in [4.69, 9.17) is 15.2 Å². The van der Waals surface area contributed by atoms with Crippen molar-refractivity contribution in [1.29, 1.82) is 0 Å². The lowest BCUT2D eigenvalue weighted by atomic mass is 10.1. The van der Waals surface area contributed by atoms with Gasteiger partial charge >= 0.3 is 0 Å². The molecule has 4 heteroatoms. The monoisotopic (exact) mass is 278 g/mol. The molecule has 0 amide bonds. The Morgan fingerprint density at radius 3 is 2.85 bits per heavy atom. The Hall–Kier alpha value is -1.13. The van der Waals surface area contributed by atoms with Crippen LogP contribution in [0.4, 0.5) is 0 Å². The Morgan fingerprint density at radius 1 is 1.50 bits per heavy atom. The van der Waals surface area contributed by atoms with Crippen LogP contribution in [0.25, 0.3) is 0 Å². The molecule has 0 saturated carbocycles. The first kappa shape index (κ1) is 15.3. The number of aryl methyl sites for hydroxylation is 1. The molecular weight excluding hydrogens is 252 g/mol. The van der Waals surface area contributed by atoms with Gasteiger partial charge in [-0.1, -0.05) is 0 Å². The molecule has 0 bridgehead atoms. The van der Waals surface area contributed by atoms with Gasteiger partial charge < -0.3 is 15.2 Å². The summed E-state index contributed by atoms with van der Waals surface area (Å²) >= 11 is 0. The van der Waals surface area contributed by atoms with Crippen LogP contribution in [-0.4, -0.2) is 29.3 Å². The third-order valence-corrected chi connectivity index (χ3v) is 3.57. The number of pyridine rings is 1. The molecule has 2 atom stereocenters. The number of nitrogens with zero attached hydrogens (tertiary/aromatic N) is 1. The fraction of sp³-hybridized carbons (Fsp3) is 0.688. The van der Waals surface area contributed by atoms with Crippen LogP contribution in [0.1, 0.15) is 45.0 Å². The number of ether oxygens (including phenoxy) is 2. The number of rotatable bonds is 5.